The van der Waals surface area contributed by atoms with Crippen LogP contribution < -0.4 is 10.6 Å². The molecule has 0 fully saturated rings. The first-order chi connectivity index (χ1) is 19.4. The first-order valence-electron chi connectivity index (χ1n) is 12.9. The van der Waals surface area contributed by atoms with Gasteiger partial charge in [0, 0.05) is 41.2 Å². The molecule has 8 nitrogen and oxygen atoms in total. The van der Waals surface area contributed by atoms with Gasteiger partial charge in [-0.3, -0.25) is 9.59 Å². The molecule has 0 atom stereocenters. The Morgan fingerprint density at radius 1 is 0.950 bits per heavy atom. The number of hydrogen-bond acceptors (Lipinski definition) is 5. The number of aromatic nitrogens is 2. The molecule has 0 spiro atoms. The monoisotopic (exact) mass is 529 g/mol. The van der Waals surface area contributed by atoms with Gasteiger partial charge in [-0.05, 0) is 54.4 Å². The van der Waals surface area contributed by atoms with Crippen LogP contribution in [0, 0.1) is 11.3 Å². The van der Waals surface area contributed by atoms with E-state index in [2.05, 4.69) is 21.7 Å². The van der Waals surface area contributed by atoms with Gasteiger partial charge in [-0.15, -0.1) is 0 Å². The first-order valence-corrected chi connectivity index (χ1v) is 12.9. The van der Waals surface area contributed by atoms with E-state index in [1.165, 1.54) is 0 Å². The van der Waals surface area contributed by atoms with Crippen LogP contribution in [-0.4, -0.2) is 33.0 Å². The molecular formula is C32H27N5O3. The van der Waals surface area contributed by atoms with Crippen LogP contribution in [0.1, 0.15) is 39.8 Å². The van der Waals surface area contributed by atoms with Crippen LogP contribution >= 0.6 is 0 Å². The highest BCUT2D eigenvalue weighted by Gasteiger charge is 2.21. The maximum absolute atomic E-state index is 13.5. The molecule has 0 aliphatic rings. The zero-order valence-electron chi connectivity index (χ0n) is 22.1. The predicted octanol–water partition coefficient (Wildman–Crippen LogP) is 5.88. The van der Waals surface area contributed by atoms with Gasteiger partial charge < -0.3 is 20.3 Å². The topological polar surface area (TPSA) is 120 Å². The number of aromatic hydroxyl groups is 1. The molecule has 3 aromatic carbocycles. The van der Waals surface area contributed by atoms with Crippen molar-refractivity contribution in [2.45, 2.75) is 13.3 Å². The van der Waals surface area contributed by atoms with Crippen molar-refractivity contribution in [2.24, 2.45) is 7.05 Å². The van der Waals surface area contributed by atoms with Crippen molar-refractivity contribution in [3.05, 3.63) is 102 Å². The minimum Gasteiger partial charge on any atom is -0.507 e. The molecule has 0 aliphatic carbocycles. The molecule has 2 amide bonds. The first kappa shape index (κ1) is 26.2. The SMILES string of the molecule is CCCNC(=O)c1cccc(-c2cc(-c3ccccc3O)nc(NC(=O)c3cc4ccccc4n3C)c2C#N)c1. The van der Waals surface area contributed by atoms with E-state index >= 15 is 0 Å². The van der Waals surface area contributed by atoms with Gasteiger partial charge in [0.15, 0.2) is 5.82 Å². The molecule has 8 heteroatoms. The lowest BCUT2D eigenvalue weighted by atomic mass is 9.96. The third kappa shape index (κ3) is 5.00. The number of carbonyl (C=O) groups is 2. The number of rotatable bonds is 7. The summed E-state index contributed by atoms with van der Waals surface area (Å²) >= 11 is 0. The molecule has 40 heavy (non-hydrogen) atoms. The molecule has 198 valence electrons. The zero-order chi connectivity index (χ0) is 28.2. The lowest BCUT2D eigenvalue weighted by molar-refractivity contribution is 0.0952. The predicted molar refractivity (Wildman–Crippen MR) is 155 cm³/mol. The third-order valence-electron chi connectivity index (χ3n) is 6.70. The normalized spacial score (nSPS) is 10.7. The highest BCUT2D eigenvalue weighted by molar-refractivity contribution is 6.07. The summed E-state index contributed by atoms with van der Waals surface area (Å²) in [5, 5.41) is 27.4. The van der Waals surface area contributed by atoms with Crippen molar-refractivity contribution in [1.29, 1.82) is 5.26 Å². The van der Waals surface area contributed by atoms with E-state index in [0.29, 0.717) is 40.2 Å². The number of pyridine rings is 1. The van der Waals surface area contributed by atoms with Crippen LogP contribution in [0.4, 0.5) is 5.82 Å². The summed E-state index contributed by atoms with van der Waals surface area (Å²) in [6.45, 7) is 2.52. The van der Waals surface area contributed by atoms with Gasteiger partial charge in [0.25, 0.3) is 11.8 Å². The van der Waals surface area contributed by atoms with E-state index in [-0.39, 0.29) is 23.0 Å². The summed E-state index contributed by atoms with van der Waals surface area (Å²) in [7, 11) is 1.80. The molecule has 5 rings (SSSR count). The van der Waals surface area contributed by atoms with Crippen LogP contribution in [0.15, 0.2) is 84.9 Å². The van der Waals surface area contributed by atoms with Gasteiger partial charge in [0.2, 0.25) is 0 Å². The number of benzene rings is 3. The Labute approximate surface area is 231 Å². The number of phenolic OH excluding ortho intramolecular Hbond substituents is 1. The lowest BCUT2D eigenvalue weighted by Crippen LogP contribution is -2.23. The fourth-order valence-electron chi connectivity index (χ4n) is 4.65. The van der Waals surface area contributed by atoms with Gasteiger partial charge in [0.05, 0.1) is 5.69 Å². The van der Waals surface area contributed by atoms with Crippen molar-refractivity contribution in [1.82, 2.24) is 14.9 Å². The Morgan fingerprint density at radius 3 is 2.48 bits per heavy atom. The van der Waals surface area contributed by atoms with Gasteiger partial charge in [-0.2, -0.15) is 5.26 Å². The van der Waals surface area contributed by atoms with E-state index in [0.717, 1.165) is 17.3 Å². The van der Waals surface area contributed by atoms with Gasteiger partial charge in [-0.1, -0.05) is 49.4 Å². The number of aryl methyl sites for hydroxylation is 1. The second-order valence-electron chi connectivity index (χ2n) is 9.35. The smallest absolute Gasteiger partial charge is 0.273 e. The molecule has 0 bridgehead atoms. The van der Waals surface area contributed by atoms with E-state index in [1.54, 1.807) is 72.3 Å². The summed E-state index contributed by atoms with van der Waals surface area (Å²) in [4.78, 5) is 30.8. The Balaban J connectivity index is 1.65. The van der Waals surface area contributed by atoms with Crippen LogP contribution in [0.2, 0.25) is 0 Å². The number of nitriles is 1. The molecular weight excluding hydrogens is 502 g/mol. The number of fused-ring (bicyclic) bond motifs is 1. The van der Waals surface area contributed by atoms with Crippen LogP contribution in [0.25, 0.3) is 33.3 Å². The number of nitrogens with one attached hydrogen (secondary N) is 2. The third-order valence-corrected chi connectivity index (χ3v) is 6.70. The quantitative estimate of drug-likeness (QED) is 0.243. The number of hydrogen-bond donors (Lipinski definition) is 3. The molecule has 2 aromatic heterocycles. The van der Waals surface area contributed by atoms with E-state index < -0.39 is 5.91 Å². The summed E-state index contributed by atoms with van der Waals surface area (Å²) in [5.74, 6) is -0.601. The van der Waals surface area contributed by atoms with Crippen LogP contribution in [-0.2, 0) is 7.05 Å². The molecule has 3 N–H and O–H groups in total. The van der Waals surface area contributed by atoms with E-state index in [4.69, 9.17) is 0 Å². The summed E-state index contributed by atoms with van der Waals surface area (Å²) in [5.41, 5.74) is 3.73. The molecule has 5 aromatic rings. The maximum Gasteiger partial charge on any atom is 0.273 e. The number of nitrogens with zero attached hydrogens (tertiary/aromatic N) is 3. The minimum atomic E-state index is -0.434. The minimum absolute atomic E-state index is 0.00399. The molecule has 0 saturated carbocycles. The molecule has 2 heterocycles. The number of amides is 2. The lowest BCUT2D eigenvalue weighted by Gasteiger charge is -2.15. The van der Waals surface area contributed by atoms with Crippen LogP contribution in [0.5, 0.6) is 5.75 Å². The summed E-state index contributed by atoms with van der Waals surface area (Å²) < 4.78 is 1.78. The average Bonchev–Trinajstić information content (AvgIpc) is 3.32. The van der Waals surface area contributed by atoms with Crippen molar-refractivity contribution >= 4 is 28.5 Å². The second kappa shape index (κ2) is 11.1. The Hall–Kier alpha value is -5.42. The number of anilines is 1. The van der Waals surface area contributed by atoms with E-state index in [9.17, 15) is 20.0 Å². The van der Waals surface area contributed by atoms with Gasteiger partial charge >= 0.3 is 0 Å². The van der Waals surface area contributed by atoms with Crippen molar-refractivity contribution in [3.8, 4) is 34.2 Å². The summed E-state index contributed by atoms with van der Waals surface area (Å²) in [6, 6.07) is 26.9. The summed E-state index contributed by atoms with van der Waals surface area (Å²) in [6.07, 6.45) is 0.804. The molecule has 0 aliphatic heterocycles. The second-order valence-corrected chi connectivity index (χ2v) is 9.35. The molecule has 0 saturated heterocycles. The van der Waals surface area contributed by atoms with Crippen molar-refractivity contribution < 1.29 is 14.7 Å². The largest absolute Gasteiger partial charge is 0.507 e. The fraction of sp³-hybridized carbons (Fsp3) is 0.125. The highest BCUT2D eigenvalue weighted by Crippen LogP contribution is 2.36. The standard InChI is InChI=1S/C32H27N5O3/c1-3-15-34-31(39)22-11-8-10-20(16-22)24-18-26(23-12-5-7-14-29(23)38)35-30(25(24)19-33)36-32(40)28-17-21-9-4-6-13-27(21)37(28)2/h4-14,16-18,38H,3,15H2,1-2H3,(H,34,39)(H,35,36,40). The highest BCUT2D eigenvalue weighted by atomic mass is 16.3. The molecule has 0 unspecified atom stereocenters. The number of phenols is 1. The fourth-order valence-corrected chi connectivity index (χ4v) is 4.65. The number of carbonyl (C=O) groups excluding carboxylic acids is 2. The average molecular weight is 530 g/mol. The van der Waals surface area contributed by atoms with Gasteiger partial charge in [-0.25, -0.2) is 4.98 Å². The maximum atomic E-state index is 13.5. The van der Waals surface area contributed by atoms with Gasteiger partial charge in [0.1, 0.15) is 23.1 Å². The van der Waals surface area contributed by atoms with E-state index in [1.807, 2.05) is 31.2 Å². The Kier molecular flexibility index (Phi) is 7.29. The van der Waals surface area contributed by atoms with Crippen molar-refractivity contribution in [2.75, 3.05) is 11.9 Å². The van der Waals surface area contributed by atoms with Crippen molar-refractivity contribution in [3.63, 3.8) is 0 Å². The Morgan fingerprint density at radius 2 is 1.73 bits per heavy atom. The zero-order valence-corrected chi connectivity index (χ0v) is 22.1. The molecule has 0 radical (unpaired) electrons. The van der Waals surface area contributed by atoms with Crippen LogP contribution in [0.3, 0.4) is 0 Å². The Bertz CT molecular complexity index is 1800. The number of para-hydroxylation sites is 2.